The third kappa shape index (κ3) is 4.71. The van der Waals surface area contributed by atoms with Gasteiger partial charge in [-0.2, -0.15) is 9.41 Å². The summed E-state index contributed by atoms with van der Waals surface area (Å²) >= 11 is 0. The quantitative estimate of drug-likeness (QED) is 0.384. The van der Waals surface area contributed by atoms with Crippen LogP contribution in [0.3, 0.4) is 0 Å². The highest BCUT2D eigenvalue weighted by atomic mass is 32.2. The summed E-state index contributed by atoms with van der Waals surface area (Å²) < 4.78 is 26.7. The van der Waals surface area contributed by atoms with Crippen molar-refractivity contribution in [2.24, 2.45) is 5.10 Å². The molecular weight excluding hydrogens is 382 g/mol. The number of aromatic nitrogens is 1. The zero-order chi connectivity index (χ0) is 20.0. The molecule has 10 heteroatoms. The van der Waals surface area contributed by atoms with Crippen molar-refractivity contribution in [3.8, 4) is 0 Å². The molecule has 1 aromatic carbocycles. The van der Waals surface area contributed by atoms with Gasteiger partial charge < -0.3 is 0 Å². The van der Waals surface area contributed by atoms with Crippen LogP contribution >= 0.6 is 0 Å². The van der Waals surface area contributed by atoms with Crippen molar-refractivity contribution in [1.29, 1.82) is 0 Å². The average molecular weight is 403 g/mol. The van der Waals surface area contributed by atoms with E-state index in [2.05, 4.69) is 15.5 Å². The number of hydrazone groups is 1. The molecule has 0 unspecified atom stereocenters. The Labute approximate surface area is 163 Å². The van der Waals surface area contributed by atoms with Crippen molar-refractivity contribution in [3.05, 3.63) is 53.7 Å². The van der Waals surface area contributed by atoms with Crippen molar-refractivity contribution >= 4 is 28.0 Å². The number of carbonyl (C=O) groups excluding carboxylic acids is 1. The van der Waals surface area contributed by atoms with Crippen LogP contribution in [-0.2, 0) is 10.0 Å². The van der Waals surface area contributed by atoms with E-state index in [1.807, 2.05) is 0 Å². The molecule has 1 saturated heterocycles. The molecule has 148 valence electrons. The normalized spacial score (nSPS) is 15.5. The summed E-state index contributed by atoms with van der Waals surface area (Å²) in [5.74, 6) is -0.185. The Morgan fingerprint density at radius 3 is 2.43 bits per heavy atom. The molecule has 0 saturated carbocycles. The Kier molecular flexibility index (Phi) is 6.34. The first-order chi connectivity index (χ1) is 13.5. The molecular formula is C18H21N5O4S. The number of hydrogen-bond acceptors (Lipinski definition) is 7. The van der Waals surface area contributed by atoms with Gasteiger partial charge in [0.2, 0.25) is 10.0 Å². The van der Waals surface area contributed by atoms with E-state index in [0.717, 1.165) is 24.8 Å². The van der Waals surface area contributed by atoms with Crippen molar-refractivity contribution < 1.29 is 18.4 Å². The molecule has 3 rings (SSSR count). The van der Waals surface area contributed by atoms with Crippen LogP contribution in [-0.4, -0.2) is 48.1 Å². The zero-order valence-electron chi connectivity index (χ0n) is 15.1. The number of hydrogen-bond donors (Lipinski definition) is 3. The lowest BCUT2D eigenvalue weighted by Gasteiger charge is -2.25. The van der Waals surface area contributed by atoms with E-state index in [4.69, 9.17) is 5.21 Å². The molecule has 0 spiro atoms. The predicted octanol–water partition coefficient (Wildman–Crippen LogP) is 1.82. The molecule has 9 nitrogen and oxygen atoms in total. The highest BCUT2D eigenvalue weighted by Gasteiger charge is 2.26. The fourth-order valence-corrected chi connectivity index (χ4v) is 4.27. The van der Waals surface area contributed by atoms with Crippen LogP contribution in [0.4, 0.5) is 5.82 Å². The maximum atomic E-state index is 12.6. The number of rotatable bonds is 6. The van der Waals surface area contributed by atoms with E-state index >= 15 is 0 Å². The Balaban J connectivity index is 1.61. The maximum Gasteiger partial charge on any atom is 0.274 e. The van der Waals surface area contributed by atoms with E-state index in [-0.39, 0.29) is 4.90 Å². The second-order valence-corrected chi connectivity index (χ2v) is 8.21. The Hall–Kier alpha value is -2.82. The van der Waals surface area contributed by atoms with Crippen molar-refractivity contribution in [2.45, 2.75) is 24.2 Å². The molecule has 1 aromatic heterocycles. The highest BCUT2D eigenvalue weighted by molar-refractivity contribution is 7.89. The molecule has 0 aliphatic carbocycles. The summed E-state index contributed by atoms with van der Waals surface area (Å²) in [6.45, 7) is 1.09. The summed E-state index contributed by atoms with van der Waals surface area (Å²) in [7, 11) is -3.50. The van der Waals surface area contributed by atoms with Crippen LogP contribution in [0.25, 0.3) is 0 Å². The van der Waals surface area contributed by atoms with Gasteiger partial charge in [0.25, 0.3) is 5.91 Å². The zero-order valence-corrected chi connectivity index (χ0v) is 15.9. The third-order valence-electron chi connectivity index (χ3n) is 4.36. The van der Waals surface area contributed by atoms with Crippen LogP contribution in [0.15, 0.2) is 52.6 Å². The van der Waals surface area contributed by atoms with Crippen LogP contribution in [0.5, 0.6) is 0 Å². The van der Waals surface area contributed by atoms with E-state index < -0.39 is 15.9 Å². The molecule has 0 radical (unpaired) electrons. The van der Waals surface area contributed by atoms with Gasteiger partial charge in [-0.05, 0) is 42.7 Å². The van der Waals surface area contributed by atoms with Crippen LogP contribution in [0.2, 0.25) is 0 Å². The minimum atomic E-state index is -3.50. The van der Waals surface area contributed by atoms with Gasteiger partial charge in [-0.3, -0.25) is 15.4 Å². The lowest BCUT2D eigenvalue weighted by atomic mass is 10.1. The topological polar surface area (TPSA) is 124 Å². The van der Waals surface area contributed by atoms with E-state index in [1.54, 1.807) is 35.8 Å². The van der Waals surface area contributed by atoms with Crippen LogP contribution in [0, 0.1) is 0 Å². The minimum absolute atomic E-state index is 0.168. The summed E-state index contributed by atoms with van der Waals surface area (Å²) in [6, 6.07) is 9.49. The molecule has 0 atom stereocenters. The fourth-order valence-electron chi connectivity index (χ4n) is 2.81. The Morgan fingerprint density at radius 2 is 1.82 bits per heavy atom. The molecule has 2 heterocycles. The second kappa shape index (κ2) is 8.91. The Morgan fingerprint density at radius 1 is 1.11 bits per heavy atom. The van der Waals surface area contributed by atoms with Gasteiger partial charge in [0, 0.05) is 24.8 Å². The van der Waals surface area contributed by atoms with Crippen LogP contribution in [0.1, 0.15) is 35.2 Å². The predicted molar refractivity (Wildman–Crippen MR) is 104 cm³/mol. The number of pyridine rings is 1. The summed E-state index contributed by atoms with van der Waals surface area (Å²) in [5.41, 5.74) is 5.34. The molecule has 3 N–H and O–H groups in total. The monoisotopic (exact) mass is 403 g/mol. The van der Waals surface area contributed by atoms with Gasteiger partial charge in [0.1, 0.15) is 10.7 Å². The summed E-state index contributed by atoms with van der Waals surface area (Å²) in [4.78, 5) is 15.5. The Bertz CT molecular complexity index is 937. The number of piperidine rings is 1. The standard InChI is InChI=1S/C18H21N5O4S/c24-18(22-25)15-6-4-14(5-7-15)12-20-21-17-9-8-16(13-19-17)28(26,27)23-10-2-1-3-11-23/h4-9,12-13,25H,1-3,10-11H2,(H,19,21)(H,22,24)/b20-12+. The van der Waals surface area contributed by atoms with Crippen molar-refractivity contribution in [3.63, 3.8) is 0 Å². The number of carbonyl (C=O) groups is 1. The van der Waals surface area contributed by atoms with E-state index in [1.165, 1.54) is 22.8 Å². The van der Waals surface area contributed by atoms with Gasteiger partial charge in [0.05, 0.1) is 6.21 Å². The van der Waals surface area contributed by atoms with Crippen molar-refractivity contribution in [2.75, 3.05) is 18.5 Å². The first kappa shape index (κ1) is 19.9. The number of amides is 1. The van der Waals surface area contributed by atoms with E-state index in [9.17, 15) is 13.2 Å². The summed E-state index contributed by atoms with van der Waals surface area (Å²) in [5, 5.41) is 12.6. The maximum absolute atomic E-state index is 12.6. The molecule has 0 bridgehead atoms. The molecule has 1 fully saturated rings. The largest absolute Gasteiger partial charge is 0.288 e. The average Bonchev–Trinajstić information content (AvgIpc) is 2.74. The minimum Gasteiger partial charge on any atom is -0.288 e. The van der Waals surface area contributed by atoms with Gasteiger partial charge in [-0.25, -0.2) is 18.9 Å². The highest BCUT2D eigenvalue weighted by Crippen LogP contribution is 2.20. The first-order valence-corrected chi connectivity index (χ1v) is 10.2. The smallest absolute Gasteiger partial charge is 0.274 e. The number of nitrogens with one attached hydrogen (secondary N) is 2. The SMILES string of the molecule is O=C(NO)c1ccc(/C=N/Nc2ccc(S(=O)(=O)N3CCCCC3)cn2)cc1. The third-order valence-corrected chi connectivity index (χ3v) is 6.24. The second-order valence-electron chi connectivity index (χ2n) is 6.28. The van der Waals surface area contributed by atoms with Gasteiger partial charge >= 0.3 is 0 Å². The van der Waals surface area contributed by atoms with Gasteiger partial charge in [-0.1, -0.05) is 18.6 Å². The summed E-state index contributed by atoms with van der Waals surface area (Å²) in [6.07, 6.45) is 5.67. The fraction of sp³-hybridized carbons (Fsp3) is 0.278. The van der Waals surface area contributed by atoms with Crippen molar-refractivity contribution in [1.82, 2.24) is 14.8 Å². The number of nitrogens with zero attached hydrogens (tertiary/aromatic N) is 3. The number of anilines is 1. The molecule has 1 aliphatic rings. The lowest BCUT2D eigenvalue weighted by Crippen LogP contribution is -2.35. The van der Waals surface area contributed by atoms with Gasteiger partial charge in [0.15, 0.2) is 0 Å². The molecule has 1 amide bonds. The lowest BCUT2D eigenvalue weighted by molar-refractivity contribution is 0.0706. The molecule has 28 heavy (non-hydrogen) atoms. The number of benzene rings is 1. The van der Waals surface area contributed by atoms with Gasteiger partial charge in [-0.15, -0.1) is 0 Å². The molecule has 2 aromatic rings. The molecule has 1 aliphatic heterocycles. The van der Waals surface area contributed by atoms with E-state index in [0.29, 0.717) is 24.5 Å². The van der Waals surface area contributed by atoms with Crippen LogP contribution < -0.4 is 10.9 Å². The number of hydroxylamine groups is 1. The first-order valence-electron chi connectivity index (χ1n) is 8.80. The number of sulfonamides is 1.